The summed E-state index contributed by atoms with van der Waals surface area (Å²) in [4.78, 5) is 11.8. The number of Topliss-reactive ketones (excluding diaryl/α,β-unsaturated/α-hetero) is 1. The van der Waals surface area contributed by atoms with Crippen LogP contribution in [0.15, 0.2) is 0 Å². The first-order valence-electron chi connectivity index (χ1n) is 5.20. The van der Waals surface area contributed by atoms with E-state index in [2.05, 4.69) is 11.4 Å². The number of carbonyl (C=O) groups excluding carboxylic acids is 1. The Morgan fingerprint density at radius 1 is 1.69 bits per heavy atom. The normalized spacial score (nSPS) is 14.5. The SMILES string of the molecule is CC(=O)c1sc(NCC2CC2)c(C#N)c1N. The standard InChI is InChI=1S/C11H13N3OS/c1-6(15)10-9(13)8(4-12)11(16-10)14-5-7-2-3-7/h7,14H,2-3,5,13H2,1H3. The van der Waals surface area contributed by atoms with E-state index in [-0.39, 0.29) is 5.78 Å². The van der Waals surface area contributed by atoms with Gasteiger partial charge in [-0.05, 0) is 18.8 Å². The Labute approximate surface area is 98.1 Å². The molecule has 3 N–H and O–H groups in total. The number of nitrogens with one attached hydrogen (secondary N) is 1. The van der Waals surface area contributed by atoms with E-state index in [4.69, 9.17) is 11.0 Å². The predicted molar refractivity (Wildman–Crippen MR) is 64.7 cm³/mol. The van der Waals surface area contributed by atoms with Crippen LogP contribution in [0.5, 0.6) is 0 Å². The highest BCUT2D eigenvalue weighted by Crippen LogP contribution is 2.37. The minimum absolute atomic E-state index is 0.0847. The zero-order chi connectivity index (χ0) is 11.7. The van der Waals surface area contributed by atoms with Crippen molar-refractivity contribution in [3.63, 3.8) is 0 Å². The highest BCUT2D eigenvalue weighted by atomic mass is 32.1. The van der Waals surface area contributed by atoms with Gasteiger partial charge in [0.15, 0.2) is 5.78 Å². The van der Waals surface area contributed by atoms with Crippen LogP contribution in [0.25, 0.3) is 0 Å². The molecule has 16 heavy (non-hydrogen) atoms. The molecule has 4 nitrogen and oxygen atoms in total. The number of nitriles is 1. The Bertz CT molecular complexity index is 468. The van der Waals surface area contributed by atoms with Crippen molar-refractivity contribution >= 4 is 27.8 Å². The van der Waals surface area contributed by atoms with Crippen molar-refractivity contribution in [2.24, 2.45) is 5.92 Å². The van der Waals surface area contributed by atoms with Crippen LogP contribution in [0, 0.1) is 17.2 Å². The molecule has 1 aromatic rings. The first-order chi connectivity index (χ1) is 7.63. The Morgan fingerprint density at radius 3 is 2.88 bits per heavy atom. The lowest BCUT2D eigenvalue weighted by Crippen LogP contribution is -2.02. The lowest BCUT2D eigenvalue weighted by molar-refractivity contribution is 0.102. The summed E-state index contributed by atoms with van der Waals surface area (Å²) in [7, 11) is 0. The Hall–Kier alpha value is -1.54. The Balaban J connectivity index is 2.25. The second-order valence-electron chi connectivity index (χ2n) is 4.04. The third kappa shape index (κ3) is 2.02. The van der Waals surface area contributed by atoms with E-state index in [1.165, 1.54) is 31.1 Å². The number of hydrogen-bond donors (Lipinski definition) is 2. The van der Waals surface area contributed by atoms with Crippen molar-refractivity contribution in [1.82, 2.24) is 0 Å². The second kappa shape index (κ2) is 4.14. The summed E-state index contributed by atoms with van der Waals surface area (Å²) in [6, 6.07) is 2.05. The third-order valence-corrected chi connectivity index (χ3v) is 3.89. The van der Waals surface area contributed by atoms with Gasteiger partial charge >= 0.3 is 0 Å². The summed E-state index contributed by atoms with van der Waals surface area (Å²) in [5, 5.41) is 12.9. The maximum Gasteiger partial charge on any atom is 0.171 e. The van der Waals surface area contributed by atoms with E-state index in [0.29, 0.717) is 16.1 Å². The maximum atomic E-state index is 11.3. The Kier molecular flexibility index (Phi) is 2.84. The van der Waals surface area contributed by atoms with Crippen LogP contribution in [0.4, 0.5) is 10.7 Å². The van der Waals surface area contributed by atoms with Gasteiger partial charge in [-0.25, -0.2) is 0 Å². The summed E-state index contributed by atoms with van der Waals surface area (Å²) >= 11 is 1.28. The van der Waals surface area contributed by atoms with Gasteiger partial charge in [0, 0.05) is 13.5 Å². The second-order valence-corrected chi connectivity index (χ2v) is 5.06. The number of anilines is 2. The molecule has 0 bridgehead atoms. The van der Waals surface area contributed by atoms with Gasteiger partial charge in [-0.1, -0.05) is 0 Å². The van der Waals surface area contributed by atoms with Crippen molar-refractivity contribution in [1.29, 1.82) is 5.26 Å². The molecular weight excluding hydrogens is 222 g/mol. The summed E-state index contributed by atoms with van der Waals surface area (Å²) < 4.78 is 0. The first-order valence-corrected chi connectivity index (χ1v) is 6.02. The molecule has 0 radical (unpaired) electrons. The molecule has 1 heterocycles. The van der Waals surface area contributed by atoms with Crippen molar-refractivity contribution in [2.45, 2.75) is 19.8 Å². The van der Waals surface area contributed by atoms with Gasteiger partial charge in [-0.3, -0.25) is 4.79 Å². The fourth-order valence-electron chi connectivity index (χ4n) is 1.50. The minimum Gasteiger partial charge on any atom is -0.396 e. The van der Waals surface area contributed by atoms with E-state index < -0.39 is 0 Å². The minimum atomic E-state index is -0.0847. The molecule has 0 amide bonds. The molecule has 1 fully saturated rings. The lowest BCUT2D eigenvalue weighted by Gasteiger charge is -2.01. The molecule has 0 atom stereocenters. The number of nitrogens with zero attached hydrogens (tertiary/aromatic N) is 1. The van der Waals surface area contributed by atoms with Gasteiger partial charge in [-0.2, -0.15) is 5.26 Å². The average Bonchev–Trinajstić information content (AvgIpc) is 3.00. The van der Waals surface area contributed by atoms with Crippen LogP contribution in [-0.2, 0) is 0 Å². The monoisotopic (exact) mass is 235 g/mol. The maximum absolute atomic E-state index is 11.3. The fourth-order valence-corrected chi connectivity index (χ4v) is 2.47. The molecule has 1 aliphatic carbocycles. The highest BCUT2D eigenvalue weighted by Gasteiger charge is 2.23. The van der Waals surface area contributed by atoms with Gasteiger partial charge in [0.05, 0.1) is 10.6 Å². The van der Waals surface area contributed by atoms with E-state index in [0.717, 1.165) is 17.5 Å². The molecule has 0 saturated heterocycles. The van der Waals surface area contributed by atoms with E-state index in [9.17, 15) is 4.79 Å². The molecule has 1 saturated carbocycles. The number of hydrogen-bond acceptors (Lipinski definition) is 5. The lowest BCUT2D eigenvalue weighted by atomic mass is 10.2. The molecule has 1 aliphatic rings. The number of carbonyl (C=O) groups is 1. The van der Waals surface area contributed by atoms with E-state index >= 15 is 0 Å². The number of rotatable bonds is 4. The van der Waals surface area contributed by atoms with Crippen LogP contribution >= 0.6 is 11.3 Å². The van der Waals surface area contributed by atoms with E-state index in [1.807, 2.05) is 0 Å². The van der Waals surface area contributed by atoms with Crippen molar-refractivity contribution in [2.75, 3.05) is 17.6 Å². The average molecular weight is 235 g/mol. The van der Waals surface area contributed by atoms with Crippen molar-refractivity contribution in [3.05, 3.63) is 10.4 Å². The molecule has 2 rings (SSSR count). The van der Waals surface area contributed by atoms with Crippen LogP contribution in [-0.4, -0.2) is 12.3 Å². The number of ketones is 1. The van der Waals surface area contributed by atoms with E-state index in [1.54, 1.807) is 0 Å². The van der Waals surface area contributed by atoms with Gasteiger partial charge < -0.3 is 11.1 Å². The molecule has 1 aromatic heterocycles. The quantitative estimate of drug-likeness (QED) is 0.784. The molecule has 5 heteroatoms. The van der Waals surface area contributed by atoms with Gasteiger partial charge in [-0.15, -0.1) is 11.3 Å². The molecule has 0 aromatic carbocycles. The summed E-state index contributed by atoms with van der Waals surface area (Å²) in [5.74, 6) is 0.633. The van der Waals surface area contributed by atoms with Crippen LogP contribution in [0.2, 0.25) is 0 Å². The number of thiophene rings is 1. The van der Waals surface area contributed by atoms with Gasteiger partial charge in [0.25, 0.3) is 0 Å². The largest absolute Gasteiger partial charge is 0.396 e. The summed E-state index contributed by atoms with van der Waals surface area (Å²) in [6.07, 6.45) is 2.49. The molecule has 84 valence electrons. The summed E-state index contributed by atoms with van der Waals surface area (Å²) in [5.41, 5.74) is 6.50. The zero-order valence-electron chi connectivity index (χ0n) is 9.04. The fraction of sp³-hybridized carbons (Fsp3) is 0.455. The predicted octanol–water partition coefficient (Wildman–Crippen LogP) is 2.23. The topological polar surface area (TPSA) is 78.9 Å². The summed E-state index contributed by atoms with van der Waals surface area (Å²) in [6.45, 7) is 2.33. The van der Waals surface area contributed by atoms with Crippen LogP contribution in [0.1, 0.15) is 35.0 Å². The first kappa shape index (κ1) is 11.0. The highest BCUT2D eigenvalue weighted by molar-refractivity contribution is 7.18. The van der Waals surface area contributed by atoms with Crippen LogP contribution in [0.3, 0.4) is 0 Å². The van der Waals surface area contributed by atoms with Crippen molar-refractivity contribution < 1.29 is 4.79 Å². The van der Waals surface area contributed by atoms with Gasteiger partial charge in [0.1, 0.15) is 16.6 Å². The number of nitrogens with two attached hydrogens (primary N) is 1. The molecule has 0 unspecified atom stereocenters. The third-order valence-electron chi connectivity index (χ3n) is 2.62. The molecule has 0 aliphatic heterocycles. The van der Waals surface area contributed by atoms with Gasteiger partial charge in [0.2, 0.25) is 0 Å². The Morgan fingerprint density at radius 2 is 2.38 bits per heavy atom. The number of nitrogen functional groups attached to an aromatic ring is 1. The molecule has 0 spiro atoms. The smallest absolute Gasteiger partial charge is 0.171 e. The van der Waals surface area contributed by atoms with Crippen molar-refractivity contribution in [3.8, 4) is 6.07 Å². The molecular formula is C11H13N3OS. The zero-order valence-corrected chi connectivity index (χ0v) is 9.86. The van der Waals surface area contributed by atoms with Crippen LogP contribution < -0.4 is 11.1 Å².